The predicted octanol–water partition coefficient (Wildman–Crippen LogP) is 3.52. The van der Waals surface area contributed by atoms with Gasteiger partial charge in [0.15, 0.2) is 0 Å². The van der Waals surface area contributed by atoms with E-state index in [1.54, 1.807) is 23.5 Å². The largest absolute Gasteiger partial charge is 0.338 e. The van der Waals surface area contributed by atoms with Crippen molar-refractivity contribution < 1.29 is 9.18 Å². The van der Waals surface area contributed by atoms with Crippen LogP contribution in [0.3, 0.4) is 0 Å². The van der Waals surface area contributed by atoms with Crippen molar-refractivity contribution in [3.8, 4) is 0 Å². The Balaban J connectivity index is 1.73. The normalized spacial score (nSPS) is 18.8. The monoisotopic (exact) mass is 275 g/mol. The van der Waals surface area contributed by atoms with E-state index in [2.05, 4.69) is 11.4 Å². The molecular formula is C15H14FNOS. The maximum atomic E-state index is 13.1. The Hall–Kier alpha value is -1.68. The molecule has 1 aromatic carbocycles. The van der Waals surface area contributed by atoms with Crippen molar-refractivity contribution in [1.29, 1.82) is 0 Å². The summed E-state index contributed by atoms with van der Waals surface area (Å²) in [5.41, 5.74) is 0.437. The second-order valence-electron chi connectivity index (χ2n) is 4.76. The van der Waals surface area contributed by atoms with E-state index >= 15 is 0 Å². The molecule has 1 amide bonds. The Kier molecular flexibility index (Phi) is 3.34. The van der Waals surface area contributed by atoms with Crippen molar-refractivity contribution in [3.63, 3.8) is 0 Å². The number of benzene rings is 1. The third-order valence-electron chi connectivity index (χ3n) is 3.49. The lowest BCUT2D eigenvalue weighted by molar-refractivity contribution is 0.0790. The number of likely N-dealkylation sites (tertiary alicyclic amines) is 1. The van der Waals surface area contributed by atoms with Crippen molar-refractivity contribution in [2.75, 3.05) is 13.1 Å². The first-order valence-electron chi connectivity index (χ1n) is 6.32. The van der Waals surface area contributed by atoms with E-state index < -0.39 is 0 Å². The number of hydrogen-bond donors (Lipinski definition) is 0. The summed E-state index contributed by atoms with van der Waals surface area (Å²) in [5, 5.41) is 2.06. The Morgan fingerprint density at radius 3 is 2.95 bits per heavy atom. The fourth-order valence-electron chi connectivity index (χ4n) is 2.50. The fourth-order valence-corrected chi connectivity index (χ4v) is 3.36. The van der Waals surface area contributed by atoms with E-state index in [1.165, 1.54) is 17.0 Å². The minimum Gasteiger partial charge on any atom is -0.338 e. The third kappa shape index (κ3) is 2.54. The lowest BCUT2D eigenvalue weighted by Crippen LogP contribution is -2.28. The number of rotatable bonds is 2. The molecule has 1 atom stereocenters. The highest BCUT2D eigenvalue weighted by atomic mass is 32.1. The second kappa shape index (κ2) is 5.13. The highest BCUT2D eigenvalue weighted by Gasteiger charge is 2.28. The second-order valence-corrected chi connectivity index (χ2v) is 5.74. The molecule has 2 aromatic rings. The number of carbonyl (C=O) groups is 1. The van der Waals surface area contributed by atoms with Crippen LogP contribution in [0.2, 0.25) is 0 Å². The molecule has 1 unspecified atom stereocenters. The molecule has 1 aromatic heterocycles. The number of nitrogens with zero attached hydrogens (tertiary/aromatic N) is 1. The maximum absolute atomic E-state index is 13.1. The quantitative estimate of drug-likeness (QED) is 0.821. The van der Waals surface area contributed by atoms with Crippen molar-refractivity contribution in [2.45, 2.75) is 12.3 Å². The zero-order valence-corrected chi connectivity index (χ0v) is 11.2. The summed E-state index contributed by atoms with van der Waals surface area (Å²) in [6, 6.07) is 10.1. The predicted molar refractivity (Wildman–Crippen MR) is 74.0 cm³/mol. The molecule has 2 heterocycles. The molecule has 3 rings (SSSR count). The molecule has 0 spiro atoms. The molecule has 0 N–H and O–H groups in total. The zero-order valence-electron chi connectivity index (χ0n) is 10.4. The van der Waals surface area contributed by atoms with Crippen LogP contribution in [0.15, 0.2) is 41.8 Å². The third-order valence-corrected chi connectivity index (χ3v) is 4.53. The van der Waals surface area contributed by atoms with Gasteiger partial charge < -0.3 is 4.90 Å². The van der Waals surface area contributed by atoms with Crippen molar-refractivity contribution >= 4 is 17.2 Å². The van der Waals surface area contributed by atoms with Crippen LogP contribution in [0.5, 0.6) is 0 Å². The van der Waals surface area contributed by atoms with Crippen LogP contribution >= 0.6 is 11.3 Å². The smallest absolute Gasteiger partial charge is 0.253 e. The lowest BCUT2D eigenvalue weighted by Gasteiger charge is -2.16. The summed E-state index contributed by atoms with van der Waals surface area (Å²) in [6.45, 7) is 1.48. The van der Waals surface area contributed by atoms with Crippen LogP contribution in [0.4, 0.5) is 4.39 Å². The van der Waals surface area contributed by atoms with E-state index in [0.717, 1.165) is 19.5 Å². The van der Waals surface area contributed by atoms with Gasteiger partial charge in [0, 0.05) is 29.4 Å². The molecule has 19 heavy (non-hydrogen) atoms. The SMILES string of the molecule is O=C(c1cccc(F)c1)N1CCC(c2cccs2)C1. The molecule has 98 valence electrons. The van der Waals surface area contributed by atoms with Gasteiger partial charge in [-0.15, -0.1) is 11.3 Å². The molecule has 4 heteroatoms. The van der Waals surface area contributed by atoms with E-state index in [0.29, 0.717) is 11.5 Å². The molecule has 1 fully saturated rings. The average molecular weight is 275 g/mol. The van der Waals surface area contributed by atoms with Gasteiger partial charge in [-0.3, -0.25) is 4.79 Å². The van der Waals surface area contributed by atoms with Crippen molar-refractivity contribution in [1.82, 2.24) is 4.90 Å². The first-order valence-corrected chi connectivity index (χ1v) is 7.20. The zero-order chi connectivity index (χ0) is 13.2. The summed E-state index contributed by atoms with van der Waals surface area (Å²) >= 11 is 1.73. The molecule has 0 bridgehead atoms. The van der Waals surface area contributed by atoms with Gasteiger partial charge >= 0.3 is 0 Å². The van der Waals surface area contributed by atoms with Gasteiger partial charge in [-0.25, -0.2) is 4.39 Å². The van der Waals surface area contributed by atoms with Gasteiger partial charge in [0.05, 0.1) is 0 Å². The molecule has 0 radical (unpaired) electrons. The van der Waals surface area contributed by atoms with Crippen LogP contribution in [-0.2, 0) is 0 Å². The molecule has 2 nitrogen and oxygen atoms in total. The van der Waals surface area contributed by atoms with Crippen molar-refractivity contribution in [3.05, 3.63) is 58.0 Å². The molecule has 0 saturated carbocycles. The highest BCUT2D eigenvalue weighted by molar-refractivity contribution is 7.10. The van der Waals surface area contributed by atoms with E-state index in [-0.39, 0.29) is 11.7 Å². The summed E-state index contributed by atoms with van der Waals surface area (Å²) in [5.74, 6) is -0.00378. The fraction of sp³-hybridized carbons (Fsp3) is 0.267. The average Bonchev–Trinajstić information content (AvgIpc) is 3.08. The number of thiophene rings is 1. The first kappa shape index (κ1) is 12.4. The highest BCUT2D eigenvalue weighted by Crippen LogP contribution is 2.30. The van der Waals surface area contributed by atoms with Crippen LogP contribution in [0.1, 0.15) is 27.6 Å². The van der Waals surface area contributed by atoms with Gasteiger partial charge in [0.2, 0.25) is 0 Å². The topological polar surface area (TPSA) is 20.3 Å². The number of hydrogen-bond acceptors (Lipinski definition) is 2. The molecule has 0 aliphatic carbocycles. The molecule has 1 aliphatic heterocycles. The standard InChI is InChI=1S/C15H14FNOS/c16-13-4-1-3-11(9-13)15(18)17-7-6-12(10-17)14-5-2-8-19-14/h1-5,8-9,12H,6-7,10H2. The maximum Gasteiger partial charge on any atom is 0.253 e. The van der Waals surface area contributed by atoms with Gasteiger partial charge in [-0.1, -0.05) is 12.1 Å². The van der Waals surface area contributed by atoms with Crippen LogP contribution in [0, 0.1) is 5.82 Å². The van der Waals surface area contributed by atoms with E-state index in [9.17, 15) is 9.18 Å². The first-order chi connectivity index (χ1) is 9.24. The van der Waals surface area contributed by atoms with Gasteiger partial charge in [-0.2, -0.15) is 0 Å². The molecule has 1 aliphatic rings. The van der Waals surface area contributed by atoms with Crippen LogP contribution in [0.25, 0.3) is 0 Å². The molecule has 1 saturated heterocycles. The molecular weight excluding hydrogens is 261 g/mol. The number of halogens is 1. The van der Waals surface area contributed by atoms with E-state index in [1.807, 2.05) is 11.0 Å². The number of amides is 1. The van der Waals surface area contributed by atoms with E-state index in [4.69, 9.17) is 0 Å². The summed E-state index contributed by atoms with van der Waals surface area (Å²) < 4.78 is 13.1. The van der Waals surface area contributed by atoms with Crippen molar-refractivity contribution in [2.24, 2.45) is 0 Å². The summed E-state index contributed by atoms with van der Waals surface area (Å²) in [4.78, 5) is 15.4. The van der Waals surface area contributed by atoms with Gasteiger partial charge in [0.25, 0.3) is 5.91 Å². The van der Waals surface area contributed by atoms with Gasteiger partial charge in [0.1, 0.15) is 5.82 Å². The Bertz CT molecular complexity index is 582. The van der Waals surface area contributed by atoms with Crippen LogP contribution in [-0.4, -0.2) is 23.9 Å². The Morgan fingerprint density at radius 2 is 2.21 bits per heavy atom. The minimum atomic E-state index is -0.361. The number of carbonyl (C=O) groups excluding carboxylic acids is 1. The van der Waals surface area contributed by atoms with Gasteiger partial charge in [-0.05, 0) is 36.1 Å². The Labute approximate surface area is 115 Å². The lowest BCUT2D eigenvalue weighted by atomic mass is 10.1. The van der Waals surface area contributed by atoms with Crippen LogP contribution < -0.4 is 0 Å². The minimum absolute atomic E-state index is 0.0708. The summed E-state index contributed by atoms with van der Waals surface area (Å²) in [6.07, 6.45) is 0.988. The summed E-state index contributed by atoms with van der Waals surface area (Å²) in [7, 11) is 0. The Morgan fingerprint density at radius 1 is 1.32 bits per heavy atom.